The molecule has 1 aromatic carbocycles. The van der Waals surface area contributed by atoms with Gasteiger partial charge in [-0.1, -0.05) is 22.9 Å². The zero-order valence-electron chi connectivity index (χ0n) is 11.6. The molecule has 0 unspecified atom stereocenters. The van der Waals surface area contributed by atoms with E-state index in [1.807, 2.05) is 23.9 Å². The van der Waals surface area contributed by atoms with Gasteiger partial charge in [-0.05, 0) is 24.1 Å². The van der Waals surface area contributed by atoms with Crippen molar-refractivity contribution in [3.8, 4) is 0 Å². The van der Waals surface area contributed by atoms with Gasteiger partial charge < -0.3 is 4.57 Å². The number of nitro groups is 1. The lowest BCUT2D eigenvalue weighted by molar-refractivity contribution is -0.384. The summed E-state index contributed by atoms with van der Waals surface area (Å²) in [6.07, 6.45) is 5.03. The highest BCUT2D eigenvalue weighted by molar-refractivity contribution is 9.10. The van der Waals surface area contributed by atoms with E-state index in [1.165, 1.54) is 12.1 Å². The number of rotatable bonds is 6. The van der Waals surface area contributed by atoms with Crippen molar-refractivity contribution in [1.29, 1.82) is 0 Å². The summed E-state index contributed by atoms with van der Waals surface area (Å²) in [4.78, 5) is 22.1. The summed E-state index contributed by atoms with van der Waals surface area (Å²) < 4.78 is 2.58. The zero-order valence-corrected chi connectivity index (χ0v) is 13.2. The molecule has 21 heavy (non-hydrogen) atoms. The third kappa shape index (κ3) is 3.78. The Bertz CT molecular complexity index is 679. The summed E-state index contributed by atoms with van der Waals surface area (Å²) in [5, 5.41) is 10.7. The molecule has 2 aromatic rings. The molecule has 2 rings (SSSR count). The molecule has 0 fully saturated rings. The normalized spacial score (nSPS) is 10.6. The standard InChI is InChI=1S/C15H15BrN2O3/c1-2-3-15(19)12-6-7-17(10-12)9-11-4-5-13(18(20)21)8-14(11)16/h4-8,10H,2-3,9H2,1H3. The van der Waals surface area contributed by atoms with Crippen LogP contribution < -0.4 is 0 Å². The molecule has 0 N–H and O–H groups in total. The van der Waals surface area contributed by atoms with E-state index in [9.17, 15) is 14.9 Å². The molecular formula is C15H15BrN2O3. The number of nitrogens with zero attached hydrogens (tertiary/aromatic N) is 2. The molecule has 0 aliphatic rings. The van der Waals surface area contributed by atoms with E-state index in [-0.39, 0.29) is 11.5 Å². The SMILES string of the molecule is CCCC(=O)c1ccn(Cc2ccc([N+](=O)[O-])cc2Br)c1. The lowest BCUT2D eigenvalue weighted by Gasteiger charge is -2.06. The molecule has 6 heteroatoms. The van der Waals surface area contributed by atoms with E-state index in [4.69, 9.17) is 0 Å². The number of ketones is 1. The molecular weight excluding hydrogens is 336 g/mol. The smallest absolute Gasteiger partial charge is 0.270 e. The molecule has 1 aromatic heterocycles. The van der Waals surface area contributed by atoms with E-state index in [0.717, 1.165) is 12.0 Å². The summed E-state index contributed by atoms with van der Waals surface area (Å²) in [5.41, 5.74) is 1.68. The van der Waals surface area contributed by atoms with Gasteiger partial charge in [-0.2, -0.15) is 0 Å². The van der Waals surface area contributed by atoms with Crippen LogP contribution in [0.3, 0.4) is 0 Å². The van der Waals surface area contributed by atoms with Gasteiger partial charge in [0.05, 0.1) is 4.92 Å². The van der Waals surface area contributed by atoms with Crippen molar-refractivity contribution in [2.24, 2.45) is 0 Å². The van der Waals surface area contributed by atoms with Crippen LogP contribution in [0, 0.1) is 10.1 Å². The zero-order chi connectivity index (χ0) is 15.4. The number of halogens is 1. The largest absolute Gasteiger partial charge is 0.349 e. The molecule has 0 aliphatic carbocycles. The van der Waals surface area contributed by atoms with Gasteiger partial charge in [0.2, 0.25) is 0 Å². The van der Waals surface area contributed by atoms with E-state index in [2.05, 4.69) is 15.9 Å². The van der Waals surface area contributed by atoms with E-state index < -0.39 is 4.92 Å². The fourth-order valence-corrected chi connectivity index (χ4v) is 2.54. The van der Waals surface area contributed by atoms with Gasteiger partial charge in [-0.15, -0.1) is 0 Å². The highest BCUT2D eigenvalue weighted by Gasteiger charge is 2.11. The second kappa shape index (κ2) is 6.67. The second-order valence-corrected chi connectivity index (χ2v) is 5.63. The van der Waals surface area contributed by atoms with Crippen LogP contribution in [0.4, 0.5) is 5.69 Å². The summed E-state index contributed by atoms with van der Waals surface area (Å²) >= 11 is 3.35. The molecule has 0 saturated heterocycles. The number of carbonyl (C=O) groups is 1. The molecule has 0 bridgehead atoms. The van der Waals surface area contributed by atoms with Crippen molar-refractivity contribution in [3.05, 3.63) is 62.4 Å². The maximum atomic E-state index is 11.8. The Morgan fingerprint density at radius 3 is 2.76 bits per heavy atom. The number of hydrogen-bond acceptors (Lipinski definition) is 3. The van der Waals surface area contributed by atoms with Gasteiger partial charge in [0.1, 0.15) is 0 Å². The predicted molar refractivity (Wildman–Crippen MR) is 83.6 cm³/mol. The van der Waals surface area contributed by atoms with Gasteiger partial charge >= 0.3 is 0 Å². The first-order valence-corrected chi connectivity index (χ1v) is 7.42. The third-order valence-corrected chi connectivity index (χ3v) is 3.89. The van der Waals surface area contributed by atoms with Crippen molar-refractivity contribution < 1.29 is 9.72 Å². The van der Waals surface area contributed by atoms with Gasteiger partial charge in [-0.3, -0.25) is 14.9 Å². The minimum absolute atomic E-state index is 0.0527. The number of Topliss-reactive ketones (excluding diaryl/α,β-unsaturated/α-hetero) is 1. The first-order chi connectivity index (χ1) is 10.0. The van der Waals surface area contributed by atoms with Gasteiger partial charge in [0.25, 0.3) is 5.69 Å². The maximum absolute atomic E-state index is 11.8. The first kappa shape index (κ1) is 15.4. The highest BCUT2D eigenvalue weighted by atomic mass is 79.9. The average molecular weight is 351 g/mol. The number of nitro benzene ring substituents is 1. The van der Waals surface area contributed by atoms with Crippen molar-refractivity contribution >= 4 is 27.4 Å². The molecule has 0 saturated carbocycles. The molecule has 110 valence electrons. The van der Waals surface area contributed by atoms with Crippen LogP contribution in [0.1, 0.15) is 35.7 Å². The summed E-state index contributed by atoms with van der Waals surface area (Å²) in [6.45, 7) is 2.53. The molecule has 0 amide bonds. The maximum Gasteiger partial charge on any atom is 0.270 e. The minimum Gasteiger partial charge on any atom is -0.349 e. The Kier molecular flexibility index (Phi) is 4.90. The summed E-state index contributed by atoms with van der Waals surface area (Å²) in [7, 11) is 0. The molecule has 0 radical (unpaired) electrons. The third-order valence-electron chi connectivity index (χ3n) is 3.15. The van der Waals surface area contributed by atoms with Crippen molar-refractivity contribution in [1.82, 2.24) is 4.57 Å². The van der Waals surface area contributed by atoms with Crippen LogP contribution in [0.2, 0.25) is 0 Å². The van der Waals surface area contributed by atoms with Gasteiger partial charge in [0, 0.05) is 47.5 Å². The van der Waals surface area contributed by atoms with Crippen molar-refractivity contribution in [2.45, 2.75) is 26.3 Å². The van der Waals surface area contributed by atoms with E-state index in [1.54, 1.807) is 12.1 Å². The number of non-ortho nitro benzene ring substituents is 1. The summed E-state index contributed by atoms with van der Waals surface area (Å²) in [5.74, 6) is 0.138. The number of benzene rings is 1. The molecule has 0 atom stereocenters. The monoisotopic (exact) mass is 350 g/mol. The Morgan fingerprint density at radius 2 is 2.14 bits per heavy atom. The Hall–Kier alpha value is -1.95. The fourth-order valence-electron chi connectivity index (χ4n) is 2.05. The lowest BCUT2D eigenvalue weighted by atomic mass is 10.1. The van der Waals surface area contributed by atoms with E-state index in [0.29, 0.717) is 23.0 Å². The fraction of sp³-hybridized carbons (Fsp3) is 0.267. The number of aromatic nitrogens is 1. The van der Waals surface area contributed by atoms with Crippen LogP contribution in [0.5, 0.6) is 0 Å². The molecule has 5 nitrogen and oxygen atoms in total. The van der Waals surface area contributed by atoms with Crippen LogP contribution in [0.15, 0.2) is 41.1 Å². The van der Waals surface area contributed by atoms with Crippen LogP contribution in [-0.2, 0) is 6.54 Å². The lowest BCUT2D eigenvalue weighted by Crippen LogP contribution is -2.00. The topological polar surface area (TPSA) is 65.1 Å². The second-order valence-electron chi connectivity index (χ2n) is 4.78. The highest BCUT2D eigenvalue weighted by Crippen LogP contribution is 2.24. The van der Waals surface area contributed by atoms with Crippen molar-refractivity contribution in [3.63, 3.8) is 0 Å². The molecule has 0 spiro atoms. The van der Waals surface area contributed by atoms with Crippen molar-refractivity contribution in [2.75, 3.05) is 0 Å². The minimum atomic E-state index is -0.425. The number of hydrogen-bond donors (Lipinski definition) is 0. The molecule has 0 aliphatic heterocycles. The quantitative estimate of drug-likeness (QED) is 0.445. The Morgan fingerprint density at radius 1 is 1.38 bits per heavy atom. The van der Waals surface area contributed by atoms with Crippen LogP contribution in [-0.4, -0.2) is 15.3 Å². The van der Waals surface area contributed by atoms with Crippen LogP contribution >= 0.6 is 15.9 Å². The average Bonchev–Trinajstić information content (AvgIpc) is 2.90. The Balaban J connectivity index is 2.15. The Labute approximate surface area is 130 Å². The van der Waals surface area contributed by atoms with Crippen LogP contribution in [0.25, 0.3) is 0 Å². The van der Waals surface area contributed by atoms with Gasteiger partial charge in [-0.25, -0.2) is 0 Å². The van der Waals surface area contributed by atoms with Gasteiger partial charge in [0.15, 0.2) is 5.78 Å². The first-order valence-electron chi connectivity index (χ1n) is 6.63. The predicted octanol–water partition coefficient (Wildman–Crippen LogP) is 4.19. The number of carbonyl (C=O) groups excluding carboxylic acids is 1. The van der Waals surface area contributed by atoms with E-state index >= 15 is 0 Å². The molecule has 1 heterocycles. The summed E-state index contributed by atoms with van der Waals surface area (Å²) in [6, 6.07) is 6.49.